The number of halogens is 2. The maximum atomic E-state index is 6.02. The SMILES string of the molecule is Clc1cc(Cl)cc(Nc2nc3c(s2)-c2ccccc2C3)c1. The second-order valence-electron chi connectivity index (χ2n) is 4.91. The first-order valence-corrected chi connectivity index (χ1v) is 8.07. The Morgan fingerprint density at radius 2 is 1.81 bits per heavy atom. The van der Waals surface area contributed by atoms with Crippen molar-refractivity contribution in [3.63, 3.8) is 0 Å². The minimum absolute atomic E-state index is 0.611. The Hall–Kier alpha value is -1.55. The summed E-state index contributed by atoms with van der Waals surface area (Å²) in [5.74, 6) is 0. The molecule has 0 unspecified atom stereocenters. The lowest BCUT2D eigenvalue weighted by atomic mass is 10.1. The summed E-state index contributed by atoms with van der Waals surface area (Å²) in [4.78, 5) is 5.93. The van der Waals surface area contributed by atoms with Crippen LogP contribution in [-0.2, 0) is 6.42 Å². The van der Waals surface area contributed by atoms with E-state index in [1.807, 2.05) is 12.1 Å². The average molecular weight is 333 g/mol. The Morgan fingerprint density at radius 1 is 1.05 bits per heavy atom. The fraction of sp³-hybridized carbons (Fsp3) is 0.0625. The van der Waals surface area contributed by atoms with Crippen LogP contribution in [0.15, 0.2) is 42.5 Å². The number of hydrogen-bond acceptors (Lipinski definition) is 3. The number of aromatic nitrogens is 1. The predicted octanol–water partition coefficient (Wildman–Crippen LogP) is 5.76. The zero-order valence-corrected chi connectivity index (χ0v) is 13.2. The van der Waals surface area contributed by atoms with E-state index in [4.69, 9.17) is 23.2 Å². The molecule has 0 saturated heterocycles. The van der Waals surface area contributed by atoms with Crippen molar-refractivity contribution in [1.29, 1.82) is 0 Å². The molecule has 1 aromatic heterocycles. The molecule has 0 fully saturated rings. The highest BCUT2D eigenvalue weighted by Gasteiger charge is 2.22. The van der Waals surface area contributed by atoms with Crippen LogP contribution in [0, 0.1) is 0 Å². The molecule has 1 N–H and O–H groups in total. The Kier molecular flexibility index (Phi) is 3.14. The topological polar surface area (TPSA) is 24.9 Å². The van der Waals surface area contributed by atoms with Crippen LogP contribution < -0.4 is 5.32 Å². The van der Waals surface area contributed by atoms with Crippen molar-refractivity contribution in [2.24, 2.45) is 0 Å². The first-order chi connectivity index (χ1) is 10.2. The largest absolute Gasteiger partial charge is 0.331 e. The van der Waals surface area contributed by atoms with Crippen molar-refractivity contribution in [1.82, 2.24) is 4.98 Å². The van der Waals surface area contributed by atoms with Crippen LogP contribution in [0.3, 0.4) is 0 Å². The Morgan fingerprint density at radius 3 is 2.62 bits per heavy atom. The molecule has 2 aromatic carbocycles. The summed E-state index contributed by atoms with van der Waals surface area (Å²) in [5.41, 5.74) is 4.64. The molecule has 0 atom stereocenters. The van der Waals surface area contributed by atoms with Gasteiger partial charge in [-0.15, -0.1) is 0 Å². The van der Waals surface area contributed by atoms with E-state index < -0.39 is 0 Å². The molecule has 4 rings (SSSR count). The molecule has 2 nitrogen and oxygen atoms in total. The Labute approximate surface area is 136 Å². The summed E-state index contributed by atoms with van der Waals surface area (Å²) in [6.45, 7) is 0. The zero-order chi connectivity index (χ0) is 14.4. The molecule has 5 heteroatoms. The van der Waals surface area contributed by atoms with Gasteiger partial charge in [0.2, 0.25) is 0 Å². The van der Waals surface area contributed by atoms with Gasteiger partial charge >= 0.3 is 0 Å². The number of benzene rings is 2. The van der Waals surface area contributed by atoms with Crippen LogP contribution in [-0.4, -0.2) is 4.98 Å². The van der Waals surface area contributed by atoms with E-state index in [0.29, 0.717) is 10.0 Å². The molecule has 21 heavy (non-hydrogen) atoms. The van der Waals surface area contributed by atoms with E-state index in [1.165, 1.54) is 16.0 Å². The molecule has 0 spiro atoms. The van der Waals surface area contributed by atoms with E-state index in [1.54, 1.807) is 17.4 Å². The second kappa shape index (κ2) is 5.02. The maximum Gasteiger partial charge on any atom is 0.187 e. The van der Waals surface area contributed by atoms with Gasteiger partial charge in [-0.3, -0.25) is 0 Å². The lowest BCUT2D eigenvalue weighted by Crippen LogP contribution is -1.91. The zero-order valence-electron chi connectivity index (χ0n) is 10.9. The summed E-state index contributed by atoms with van der Waals surface area (Å²) < 4.78 is 0. The monoisotopic (exact) mass is 332 g/mol. The summed E-state index contributed by atoms with van der Waals surface area (Å²) in [6, 6.07) is 13.8. The smallest absolute Gasteiger partial charge is 0.187 e. The van der Waals surface area contributed by atoms with E-state index in [0.717, 1.165) is 22.9 Å². The Balaban J connectivity index is 1.68. The number of rotatable bonds is 2. The average Bonchev–Trinajstić information content (AvgIpc) is 2.94. The summed E-state index contributed by atoms with van der Waals surface area (Å²) in [5, 5.41) is 5.37. The number of fused-ring (bicyclic) bond motifs is 3. The fourth-order valence-electron chi connectivity index (χ4n) is 2.56. The molecule has 3 aromatic rings. The lowest BCUT2D eigenvalue weighted by molar-refractivity contribution is 1.15. The van der Waals surface area contributed by atoms with Gasteiger partial charge in [0.15, 0.2) is 5.13 Å². The molecule has 1 heterocycles. The van der Waals surface area contributed by atoms with E-state index >= 15 is 0 Å². The van der Waals surface area contributed by atoms with Crippen LogP contribution in [0.1, 0.15) is 11.3 Å². The van der Waals surface area contributed by atoms with Gasteiger partial charge in [0.25, 0.3) is 0 Å². The molecule has 0 bridgehead atoms. The van der Waals surface area contributed by atoms with Crippen LogP contribution in [0.4, 0.5) is 10.8 Å². The number of nitrogens with zero attached hydrogens (tertiary/aromatic N) is 1. The molecule has 0 amide bonds. The van der Waals surface area contributed by atoms with Crippen LogP contribution >= 0.6 is 34.5 Å². The third kappa shape index (κ3) is 2.42. The molecular formula is C16H10Cl2N2S. The van der Waals surface area contributed by atoms with Crippen molar-refractivity contribution in [2.75, 3.05) is 5.32 Å². The molecule has 0 saturated carbocycles. The first kappa shape index (κ1) is 13.1. The molecule has 1 aliphatic rings. The quantitative estimate of drug-likeness (QED) is 0.504. The lowest BCUT2D eigenvalue weighted by Gasteiger charge is -2.04. The summed E-state index contributed by atoms with van der Waals surface area (Å²) >= 11 is 13.7. The van der Waals surface area contributed by atoms with Gasteiger partial charge in [-0.1, -0.05) is 58.8 Å². The van der Waals surface area contributed by atoms with Crippen molar-refractivity contribution in [3.05, 3.63) is 63.8 Å². The highest BCUT2D eigenvalue weighted by Crippen LogP contribution is 2.42. The van der Waals surface area contributed by atoms with Gasteiger partial charge < -0.3 is 5.32 Å². The van der Waals surface area contributed by atoms with Crippen molar-refractivity contribution in [3.8, 4) is 10.4 Å². The van der Waals surface area contributed by atoms with E-state index in [9.17, 15) is 0 Å². The molecule has 1 aliphatic carbocycles. The van der Waals surface area contributed by atoms with E-state index in [2.05, 4.69) is 34.6 Å². The second-order valence-corrected chi connectivity index (χ2v) is 6.78. The minimum Gasteiger partial charge on any atom is -0.331 e. The van der Waals surface area contributed by atoms with Crippen LogP contribution in [0.5, 0.6) is 0 Å². The minimum atomic E-state index is 0.611. The predicted molar refractivity (Wildman–Crippen MR) is 90.1 cm³/mol. The highest BCUT2D eigenvalue weighted by atomic mass is 35.5. The van der Waals surface area contributed by atoms with Gasteiger partial charge in [0.1, 0.15) is 0 Å². The maximum absolute atomic E-state index is 6.02. The number of thiazole rings is 1. The number of hydrogen-bond donors (Lipinski definition) is 1. The van der Waals surface area contributed by atoms with Gasteiger partial charge in [0.05, 0.1) is 10.6 Å². The van der Waals surface area contributed by atoms with Crippen LogP contribution in [0.25, 0.3) is 10.4 Å². The standard InChI is InChI=1S/C16H10Cl2N2S/c17-10-6-11(18)8-12(7-10)19-16-20-14-5-9-3-1-2-4-13(9)15(14)21-16/h1-4,6-8H,5H2,(H,19,20). The molecule has 104 valence electrons. The summed E-state index contributed by atoms with van der Waals surface area (Å²) in [6.07, 6.45) is 0.903. The van der Waals surface area contributed by atoms with E-state index in [-0.39, 0.29) is 0 Å². The first-order valence-electron chi connectivity index (χ1n) is 6.50. The van der Waals surface area contributed by atoms with Crippen molar-refractivity contribution >= 4 is 45.4 Å². The van der Waals surface area contributed by atoms with Gasteiger partial charge in [-0.25, -0.2) is 4.98 Å². The van der Waals surface area contributed by atoms with Crippen molar-refractivity contribution in [2.45, 2.75) is 6.42 Å². The molecule has 0 radical (unpaired) electrons. The van der Waals surface area contributed by atoms with Gasteiger partial charge in [-0.2, -0.15) is 0 Å². The van der Waals surface area contributed by atoms with Crippen molar-refractivity contribution < 1.29 is 0 Å². The highest BCUT2D eigenvalue weighted by molar-refractivity contribution is 7.19. The molecule has 0 aliphatic heterocycles. The Bertz CT molecular complexity index is 822. The third-order valence-corrected chi connectivity index (χ3v) is 4.91. The van der Waals surface area contributed by atoms with Gasteiger partial charge in [-0.05, 0) is 29.3 Å². The number of anilines is 2. The third-order valence-electron chi connectivity index (χ3n) is 3.43. The van der Waals surface area contributed by atoms with Gasteiger partial charge in [0, 0.05) is 22.2 Å². The normalized spacial score (nSPS) is 12.1. The number of nitrogens with one attached hydrogen (secondary N) is 1. The summed E-state index contributed by atoms with van der Waals surface area (Å²) in [7, 11) is 0. The fourth-order valence-corrected chi connectivity index (χ4v) is 4.15. The molecular weight excluding hydrogens is 323 g/mol. The van der Waals surface area contributed by atoms with Crippen LogP contribution in [0.2, 0.25) is 10.0 Å².